The van der Waals surface area contributed by atoms with Crippen LogP contribution in [0.2, 0.25) is 5.15 Å². The SMILES string of the molecule is C[C@@H]1CCc2c(sc3ccc4nc(Cl)ccc4c23)C(=O)N1C(=O)OC(C)(C)C. The van der Waals surface area contributed by atoms with Gasteiger partial charge in [-0.1, -0.05) is 11.6 Å². The molecule has 146 valence electrons. The summed E-state index contributed by atoms with van der Waals surface area (Å²) in [5.74, 6) is -0.287. The highest BCUT2D eigenvalue weighted by atomic mass is 35.5. The zero-order valence-electron chi connectivity index (χ0n) is 16.2. The number of ether oxygens (including phenoxy) is 1. The molecular formula is C21H21ClN2O3S. The van der Waals surface area contributed by atoms with Crippen molar-refractivity contribution in [3.8, 4) is 0 Å². The van der Waals surface area contributed by atoms with E-state index in [4.69, 9.17) is 16.3 Å². The van der Waals surface area contributed by atoms with E-state index in [0.717, 1.165) is 26.6 Å². The minimum Gasteiger partial charge on any atom is -0.443 e. The van der Waals surface area contributed by atoms with Crippen molar-refractivity contribution in [2.75, 3.05) is 0 Å². The highest BCUT2D eigenvalue weighted by Crippen LogP contribution is 2.40. The third-order valence-electron chi connectivity index (χ3n) is 4.84. The van der Waals surface area contributed by atoms with Crippen molar-refractivity contribution in [2.45, 2.75) is 52.2 Å². The summed E-state index contributed by atoms with van der Waals surface area (Å²) in [5.41, 5.74) is 1.13. The lowest BCUT2D eigenvalue weighted by molar-refractivity contribution is 0.0180. The number of nitrogens with zero attached hydrogens (tertiary/aromatic N) is 2. The number of halogens is 1. The van der Waals surface area contributed by atoms with Crippen molar-refractivity contribution in [1.29, 1.82) is 0 Å². The first-order valence-electron chi connectivity index (χ1n) is 9.23. The molecule has 0 bridgehead atoms. The van der Waals surface area contributed by atoms with Crippen molar-refractivity contribution in [3.05, 3.63) is 39.9 Å². The number of aromatic nitrogens is 1. The molecule has 1 atom stereocenters. The molecule has 0 N–H and O–H groups in total. The van der Waals surface area contributed by atoms with Crippen LogP contribution in [0.5, 0.6) is 0 Å². The average molecular weight is 417 g/mol. The molecule has 4 rings (SSSR count). The van der Waals surface area contributed by atoms with Gasteiger partial charge in [-0.25, -0.2) is 14.7 Å². The molecule has 2 aromatic heterocycles. The lowest BCUT2D eigenvalue weighted by atomic mass is 10.0. The molecule has 3 aromatic rings. The largest absolute Gasteiger partial charge is 0.443 e. The van der Waals surface area contributed by atoms with Crippen molar-refractivity contribution in [2.24, 2.45) is 0 Å². The van der Waals surface area contributed by atoms with Crippen LogP contribution in [0.4, 0.5) is 4.79 Å². The third kappa shape index (κ3) is 3.25. The second-order valence-corrected chi connectivity index (χ2v) is 9.53. The molecule has 1 aromatic carbocycles. The van der Waals surface area contributed by atoms with Crippen LogP contribution in [0.1, 0.15) is 49.4 Å². The van der Waals surface area contributed by atoms with Gasteiger partial charge in [-0.05, 0) is 70.4 Å². The second-order valence-electron chi connectivity index (χ2n) is 8.09. The topological polar surface area (TPSA) is 59.5 Å². The van der Waals surface area contributed by atoms with E-state index < -0.39 is 11.7 Å². The van der Waals surface area contributed by atoms with Gasteiger partial charge in [0.1, 0.15) is 10.8 Å². The number of imide groups is 1. The zero-order valence-corrected chi connectivity index (χ0v) is 17.8. The van der Waals surface area contributed by atoms with Gasteiger partial charge in [-0.2, -0.15) is 0 Å². The lowest BCUT2D eigenvalue weighted by Crippen LogP contribution is -2.45. The maximum absolute atomic E-state index is 13.3. The molecule has 1 aliphatic heterocycles. The van der Waals surface area contributed by atoms with E-state index >= 15 is 0 Å². The molecule has 0 radical (unpaired) electrons. The fourth-order valence-electron chi connectivity index (χ4n) is 3.62. The fourth-order valence-corrected chi connectivity index (χ4v) is 4.98. The molecule has 1 aliphatic rings. The average Bonchev–Trinajstić information content (AvgIpc) is 2.91. The molecule has 7 heteroatoms. The Morgan fingerprint density at radius 1 is 1.29 bits per heavy atom. The summed E-state index contributed by atoms with van der Waals surface area (Å²) in [6, 6.07) is 7.36. The van der Waals surface area contributed by atoms with Crippen LogP contribution in [0.25, 0.3) is 21.0 Å². The highest BCUT2D eigenvalue weighted by molar-refractivity contribution is 7.21. The van der Waals surface area contributed by atoms with Gasteiger partial charge in [0.05, 0.1) is 10.4 Å². The number of carbonyl (C=O) groups is 2. The van der Waals surface area contributed by atoms with Crippen molar-refractivity contribution >= 4 is 55.9 Å². The standard InChI is InChI=1S/C21H21ClN2O3S/c1-11-5-6-13-17-12-7-10-16(22)23-14(12)8-9-15(17)28-18(13)19(25)24(11)20(26)27-21(2,3)4/h7-11H,5-6H2,1-4H3/t11-/m1/s1. The minimum absolute atomic E-state index is 0.237. The van der Waals surface area contributed by atoms with Crippen LogP contribution in [0.15, 0.2) is 24.3 Å². The summed E-state index contributed by atoms with van der Waals surface area (Å²) < 4.78 is 6.50. The number of benzene rings is 1. The molecule has 0 saturated heterocycles. The summed E-state index contributed by atoms with van der Waals surface area (Å²) in [6.45, 7) is 7.28. The molecule has 28 heavy (non-hydrogen) atoms. The molecule has 0 unspecified atom stereocenters. The molecular weight excluding hydrogens is 396 g/mol. The summed E-state index contributed by atoms with van der Waals surface area (Å²) in [4.78, 5) is 32.3. The van der Waals surface area contributed by atoms with Gasteiger partial charge in [0.15, 0.2) is 0 Å². The van der Waals surface area contributed by atoms with Crippen molar-refractivity contribution in [3.63, 3.8) is 0 Å². The van der Waals surface area contributed by atoms with Gasteiger partial charge < -0.3 is 4.74 Å². The Morgan fingerprint density at radius 2 is 2.04 bits per heavy atom. The number of hydrogen-bond donors (Lipinski definition) is 0. The summed E-state index contributed by atoms with van der Waals surface area (Å²) in [7, 11) is 0. The van der Waals surface area contributed by atoms with Crippen LogP contribution in [-0.2, 0) is 11.2 Å². The number of thiophene rings is 1. The number of amides is 2. The van der Waals surface area contributed by atoms with E-state index in [9.17, 15) is 9.59 Å². The maximum Gasteiger partial charge on any atom is 0.417 e. The number of hydrogen-bond acceptors (Lipinski definition) is 5. The van der Waals surface area contributed by atoms with Gasteiger partial charge in [0, 0.05) is 21.5 Å². The molecule has 0 aliphatic carbocycles. The maximum atomic E-state index is 13.3. The Hall–Kier alpha value is -2.18. The van der Waals surface area contributed by atoms with E-state index in [1.54, 1.807) is 26.8 Å². The lowest BCUT2D eigenvalue weighted by Gasteiger charge is -2.28. The van der Waals surface area contributed by atoms with Gasteiger partial charge in [0.2, 0.25) is 0 Å². The Balaban J connectivity index is 1.86. The number of aryl methyl sites for hydroxylation is 1. The van der Waals surface area contributed by atoms with Crippen LogP contribution in [0.3, 0.4) is 0 Å². The first-order valence-corrected chi connectivity index (χ1v) is 10.4. The molecule has 0 spiro atoms. The van der Waals surface area contributed by atoms with Crippen LogP contribution in [-0.4, -0.2) is 33.5 Å². The predicted octanol–water partition coefficient (Wildman–Crippen LogP) is 5.81. The molecule has 3 heterocycles. The Morgan fingerprint density at radius 3 is 2.75 bits per heavy atom. The molecule has 5 nitrogen and oxygen atoms in total. The number of rotatable bonds is 0. The Labute approximate surface area is 172 Å². The van der Waals surface area contributed by atoms with Crippen LogP contribution in [0, 0.1) is 0 Å². The molecule has 2 amide bonds. The summed E-state index contributed by atoms with van der Waals surface area (Å²) in [6.07, 6.45) is 0.804. The first kappa shape index (κ1) is 19.2. The second kappa shape index (κ2) is 6.71. The fraction of sp³-hybridized carbons (Fsp3) is 0.381. The third-order valence-corrected chi connectivity index (χ3v) is 6.24. The summed E-state index contributed by atoms with van der Waals surface area (Å²) >= 11 is 7.46. The molecule has 0 saturated carbocycles. The highest BCUT2D eigenvalue weighted by Gasteiger charge is 2.37. The van der Waals surface area contributed by atoms with Gasteiger partial charge in [0.25, 0.3) is 5.91 Å². The number of fused-ring (bicyclic) bond motifs is 5. The first-order chi connectivity index (χ1) is 13.2. The predicted molar refractivity (Wildman–Crippen MR) is 112 cm³/mol. The Bertz CT molecular complexity index is 1120. The quantitative estimate of drug-likeness (QED) is 0.433. The number of carbonyl (C=O) groups excluding carboxylic acids is 2. The van der Waals surface area contributed by atoms with Gasteiger partial charge in [-0.15, -0.1) is 11.3 Å². The van der Waals surface area contributed by atoms with E-state index in [1.807, 2.05) is 25.1 Å². The van der Waals surface area contributed by atoms with E-state index in [-0.39, 0.29) is 11.9 Å². The minimum atomic E-state index is -0.659. The van der Waals surface area contributed by atoms with Gasteiger partial charge >= 0.3 is 6.09 Å². The van der Waals surface area contributed by atoms with Crippen LogP contribution >= 0.6 is 22.9 Å². The van der Waals surface area contributed by atoms with Crippen LogP contribution < -0.4 is 0 Å². The van der Waals surface area contributed by atoms with Crippen molar-refractivity contribution in [1.82, 2.24) is 9.88 Å². The van der Waals surface area contributed by atoms with E-state index in [0.29, 0.717) is 22.9 Å². The normalized spacial score (nSPS) is 17.7. The van der Waals surface area contributed by atoms with E-state index in [1.165, 1.54) is 16.2 Å². The van der Waals surface area contributed by atoms with Gasteiger partial charge in [-0.3, -0.25) is 4.79 Å². The van der Waals surface area contributed by atoms with Crippen molar-refractivity contribution < 1.29 is 14.3 Å². The monoisotopic (exact) mass is 416 g/mol. The number of pyridine rings is 1. The summed E-state index contributed by atoms with van der Waals surface area (Å²) in [5, 5.41) is 2.45. The van der Waals surface area contributed by atoms with E-state index in [2.05, 4.69) is 4.98 Å². The molecule has 0 fully saturated rings. The smallest absolute Gasteiger partial charge is 0.417 e. The Kier molecular flexibility index (Phi) is 4.59. The zero-order chi connectivity index (χ0) is 20.2.